The van der Waals surface area contributed by atoms with Crippen molar-refractivity contribution in [3.63, 3.8) is 0 Å². The van der Waals surface area contributed by atoms with E-state index in [4.69, 9.17) is 14.2 Å². The van der Waals surface area contributed by atoms with Crippen LogP contribution in [0.5, 0.6) is 11.5 Å². The fraction of sp³-hybridized carbons (Fsp3) is 0.375. The van der Waals surface area contributed by atoms with Crippen LogP contribution in [0.2, 0.25) is 0 Å². The number of nitrogens with zero attached hydrogens (tertiary/aromatic N) is 2. The Morgan fingerprint density at radius 2 is 1.76 bits per heavy atom. The second-order valence-corrected chi connectivity index (χ2v) is 8.14. The van der Waals surface area contributed by atoms with E-state index in [0.717, 1.165) is 16.0 Å². The van der Waals surface area contributed by atoms with Gasteiger partial charge in [0.2, 0.25) is 5.91 Å². The maximum absolute atomic E-state index is 12.8. The van der Waals surface area contributed by atoms with Crippen molar-refractivity contribution in [1.29, 1.82) is 0 Å². The van der Waals surface area contributed by atoms with Crippen molar-refractivity contribution in [2.24, 2.45) is 5.92 Å². The van der Waals surface area contributed by atoms with Gasteiger partial charge < -0.3 is 24.2 Å². The van der Waals surface area contributed by atoms with E-state index in [1.54, 1.807) is 24.1 Å². The predicted molar refractivity (Wildman–Crippen MR) is 117 cm³/mol. The Bertz CT molecular complexity index is 1040. The van der Waals surface area contributed by atoms with Crippen LogP contribution in [0, 0.1) is 5.92 Å². The lowest BCUT2D eigenvalue weighted by molar-refractivity contribution is -0.157. The minimum Gasteiger partial charge on any atom is -0.493 e. The number of amides is 2. The molecular formula is C24H26N2O7. The maximum atomic E-state index is 12.8. The number of ether oxygens (including phenoxy) is 3. The quantitative estimate of drug-likeness (QED) is 0.483. The summed E-state index contributed by atoms with van der Waals surface area (Å²) in [6, 6.07) is 13.5. The summed E-state index contributed by atoms with van der Waals surface area (Å²) < 4.78 is 16.0. The average molecular weight is 454 g/mol. The molecule has 2 fully saturated rings. The SMILES string of the molecule is COc1ccc(CN2C(=O)[C@@H]3[C@H]2[C@H](CC(=O)OCc2ccccc2)CN3C(=O)O)cc1OC. The number of rotatable bonds is 8. The molecule has 2 aliphatic heterocycles. The molecule has 0 bridgehead atoms. The van der Waals surface area contributed by atoms with Crippen LogP contribution in [0.3, 0.4) is 0 Å². The highest BCUT2D eigenvalue weighted by atomic mass is 16.5. The molecule has 2 aromatic carbocycles. The molecule has 0 aliphatic carbocycles. The summed E-state index contributed by atoms with van der Waals surface area (Å²) in [5.74, 6) is 0.0926. The molecular weight excluding hydrogens is 428 g/mol. The molecule has 0 aromatic heterocycles. The molecule has 0 saturated carbocycles. The first kappa shape index (κ1) is 22.4. The number of benzene rings is 2. The number of carbonyl (C=O) groups is 3. The zero-order chi connectivity index (χ0) is 23.5. The minimum absolute atomic E-state index is 0.0352. The predicted octanol–water partition coefficient (Wildman–Crippen LogP) is 2.53. The second kappa shape index (κ2) is 9.40. The topological polar surface area (TPSA) is 106 Å². The van der Waals surface area contributed by atoms with Crippen molar-refractivity contribution in [3.05, 3.63) is 59.7 Å². The van der Waals surface area contributed by atoms with Crippen molar-refractivity contribution >= 4 is 18.0 Å². The van der Waals surface area contributed by atoms with Crippen LogP contribution in [-0.2, 0) is 27.5 Å². The van der Waals surface area contributed by atoms with Crippen molar-refractivity contribution in [3.8, 4) is 11.5 Å². The normalized spacial score (nSPS) is 21.3. The van der Waals surface area contributed by atoms with Gasteiger partial charge in [0.1, 0.15) is 12.6 Å². The van der Waals surface area contributed by atoms with Crippen LogP contribution in [-0.4, -0.2) is 65.7 Å². The summed E-state index contributed by atoms with van der Waals surface area (Å²) in [7, 11) is 3.08. The highest BCUT2D eigenvalue weighted by molar-refractivity contribution is 5.93. The zero-order valence-electron chi connectivity index (χ0n) is 18.5. The molecule has 9 nitrogen and oxygen atoms in total. The molecule has 2 aromatic rings. The number of likely N-dealkylation sites (tertiary alicyclic amines) is 2. The lowest BCUT2D eigenvalue weighted by Crippen LogP contribution is -2.67. The molecule has 1 N–H and O–H groups in total. The van der Waals surface area contributed by atoms with Crippen LogP contribution in [0.1, 0.15) is 17.5 Å². The van der Waals surface area contributed by atoms with Gasteiger partial charge in [-0.25, -0.2) is 4.79 Å². The van der Waals surface area contributed by atoms with E-state index in [1.807, 2.05) is 36.4 Å². The molecule has 2 amide bonds. The zero-order valence-corrected chi connectivity index (χ0v) is 18.5. The number of esters is 1. The van der Waals surface area contributed by atoms with Crippen LogP contribution in [0.4, 0.5) is 4.79 Å². The second-order valence-electron chi connectivity index (χ2n) is 8.14. The molecule has 0 spiro atoms. The highest BCUT2D eigenvalue weighted by Crippen LogP contribution is 2.41. The summed E-state index contributed by atoms with van der Waals surface area (Å²) in [4.78, 5) is 39.8. The Labute approximate surface area is 191 Å². The first-order chi connectivity index (χ1) is 15.9. The first-order valence-corrected chi connectivity index (χ1v) is 10.6. The van der Waals surface area contributed by atoms with Crippen molar-refractivity contribution in [1.82, 2.24) is 9.80 Å². The fourth-order valence-electron chi connectivity index (χ4n) is 4.61. The van der Waals surface area contributed by atoms with E-state index in [9.17, 15) is 19.5 Å². The molecule has 2 heterocycles. The molecule has 3 atom stereocenters. The number of hydrogen-bond donors (Lipinski definition) is 1. The van der Waals surface area contributed by atoms with E-state index in [2.05, 4.69) is 0 Å². The fourth-order valence-corrected chi connectivity index (χ4v) is 4.61. The Balaban J connectivity index is 1.46. The van der Waals surface area contributed by atoms with E-state index < -0.39 is 18.1 Å². The van der Waals surface area contributed by atoms with Gasteiger partial charge in [0, 0.05) is 19.0 Å². The third-order valence-corrected chi connectivity index (χ3v) is 6.19. The van der Waals surface area contributed by atoms with Gasteiger partial charge in [0.15, 0.2) is 11.5 Å². The van der Waals surface area contributed by atoms with Gasteiger partial charge in [-0.2, -0.15) is 0 Å². The number of β-lactam (4-membered cyclic amide) rings is 1. The maximum Gasteiger partial charge on any atom is 0.408 e. The van der Waals surface area contributed by atoms with Crippen molar-refractivity contribution in [2.75, 3.05) is 20.8 Å². The lowest BCUT2D eigenvalue weighted by atomic mass is 9.86. The lowest BCUT2D eigenvalue weighted by Gasteiger charge is -2.46. The molecule has 2 saturated heterocycles. The van der Waals surface area contributed by atoms with E-state index >= 15 is 0 Å². The van der Waals surface area contributed by atoms with Crippen LogP contribution >= 0.6 is 0 Å². The Kier molecular flexibility index (Phi) is 6.39. The first-order valence-electron chi connectivity index (χ1n) is 10.6. The molecule has 174 valence electrons. The Morgan fingerprint density at radius 1 is 1.03 bits per heavy atom. The van der Waals surface area contributed by atoms with Gasteiger partial charge in [0.25, 0.3) is 0 Å². The van der Waals surface area contributed by atoms with Gasteiger partial charge in [-0.05, 0) is 23.3 Å². The van der Waals surface area contributed by atoms with Crippen LogP contribution in [0.25, 0.3) is 0 Å². The third kappa shape index (κ3) is 4.44. The number of fused-ring (bicyclic) bond motifs is 1. The Morgan fingerprint density at radius 3 is 2.42 bits per heavy atom. The number of carboxylic acid groups (broad SMARTS) is 1. The number of carbonyl (C=O) groups excluding carboxylic acids is 2. The van der Waals surface area contributed by atoms with Crippen LogP contribution < -0.4 is 9.47 Å². The summed E-state index contributed by atoms with van der Waals surface area (Å²) in [5.41, 5.74) is 1.69. The molecule has 2 aliphatic rings. The van der Waals surface area contributed by atoms with Crippen LogP contribution in [0.15, 0.2) is 48.5 Å². The largest absolute Gasteiger partial charge is 0.493 e. The van der Waals surface area contributed by atoms with Gasteiger partial charge in [-0.15, -0.1) is 0 Å². The molecule has 0 radical (unpaired) electrons. The van der Waals surface area contributed by atoms with Gasteiger partial charge in [-0.1, -0.05) is 36.4 Å². The standard InChI is InChI=1S/C24H26N2O7/c1-31-18-9-8-16(10-19(18)32-2)12-25-21-17(13-26(24(29)30)22(21)23(25)28)11-20(27)33-14-15-6-4-3-5-7-15/h3-10,17,21-22H,11-14H2,1-2H3,(H,29,30)/t17-,21-,22+/m1/s1. The van der Waals surface area contributed by atoms with Gasteiger partial charge in [-0.3, -0.25) is 14.5 Å². The van der Waals surface area contributed by atoms with E-state index in [-0.39, 0.29) is 44.0 Å². The molecule has 33 heavy (non-hydrogen) atoms. The third-order valence-electron chi connectivity index (χ3n) is 6.19. The molecule has 0 unspecified atom stereocenters. The molecule has 4 rings (SSSR count). The summed E-state index contributed by atoms with van der Waals surface area (Å²) in [5, 5.41) is 9.57. The van der Waals surface area contributed by atoms with Gasteiger partial charge in [0.05, 0.1) is 26.7 Å². The van der Waals surface area contributed by atoms with Gasteiger partial charge >= 0.3 is 12.1 Å². The number of methoxy groups -OCH3 is 2. The minimum atomic E-state index is -1.16. The summed E-state index contributed by atoms with van der Waals surface area (Å²) >= 11 is 0. The Hall–Kier alpha value is -3.75. The average Bonchev–Trinajstić information content (AvgIpc) is 3.16. The van der Waals surface area contributed by atoms with Crippen molar-refractivity contribution < 1.29 is 33.7 Å². The van der Waals surface area contributed by atoms with E-state index in [1.165, 1.54) is 7.11 Å². The monoisotopic (exact) mass is 454 g/mol. The summed E-state index contributed by atoms with van der Waals surface area (Å²) in [6.07, 6.45) is -1.13. The number of hydrogen-bond acceptors (Lipinski definition) is 6. The highest BCUT2D eigenvalue weighted by Gasteiger charge is 2.60. The molecule has 9 heteroatoms. The van der Waals surface area contributed by atoms with E-state index in [0.29, 0.717) is 11.5 Å². The summed E-state index contributed by atoms with van der Waals surface area (Å²) in [6.45, 7) is 0.542. The van der Waals surface area contributed by atoms with Crippen molar-refractivity contribution in [2.45, 2.75) is 31.7 Å². The smallest absolute Gasteiger partial charge is 0.408 e.